The summed E-state index contributed by atoms with van der Waals surface area (Å²) in [4.78, 5) is 18.4. The van der Waals surface area contributed by atoms with E-state index in [9.17, 15) is 4.79 Å². The lowest BCUT2D eigenvalue weighted by molar-refractivity contribution is -0.153. The summed E-state index contributed by atoms with van der Waals surface area (Å²) in [6, 6.07) is 8.01. The van der Waals surface area contributed by atoms with Crippen LogP contribution >= 0.6 is 11.3 Å². The topological polar surface area (TPSA) is 51.7 Å². The first-order valence-electron chi connectivity index (χ1n) is 8.28. The molecular weight excluding hydrogens is 324 g/mol. The molecule has 132 valence electrons. The van der Waals surface area contributed by atoms with Crippen LogP contribution in [0.5, 0.6) is 5.19 Å². The summed E-state index contributed by atoms with van der Waals surface area (Å²) in [6.07, 6.45) is 0. The monoisotopic (exact) mass is 350 g/mol. The first-order chi connectivity index (χ1) is 11.4. The van der Waals surface area contributed by atoms with E-state index in [1.54, 1.807) is 11.3 Å². The SMILES string of the molecule is CCN(CCOC(=O)C(C)(C)C)CCOc1nc2ccccc2s1. The number of carbonyl (C=O) groups excluding carboxylic acids is 1. The van der Waals surface area contributed by atoms with E-state index in [0.29, 0.717) is 25.0 Å². The number of para-hydroxylation sites is 1. The number of hydrogen-bond acceptors (Lipinski definition) is 6. The molecule has 6 heteroatoms. The number of ether oxygens (including phenoxy) is 2. The van der Waals surface area contributed by atoms with Gasteiger partial charge >= 0.3 is 5.97 Å². The first kappa shape index (κ1) is 18.7. The summed E-state index contributed by atoms with van der Waals surface area (Å²) in [6.45, 7) is 11.0. The summed E-state index contributed by atoms with van der Waals surface area (Å²) < 4.78 is 12.2. The minimum Gasteiger partial charge on any atom is -0.469 e. The molecule has 0 bridgehead atoms. The van der Waals surface area contributed by atoms with Gasteiger partial charge < -0.3 is 9.47 Å². The second kappa shape index (κ2) is 8.44. The molecule has 0 unspecified atom stereocenters. The highest BCUT2D eigenvalue weighted by Crippen LogP contribution is 2.27. The Morgan fingerprint density at radius 2 is 1.92 bits per heavy atom. The second-order valence-electron chi connectivity index (χ2n) is 6.62. The third-order valence-electron chi connectivity index (χ3n) is 3.61. The molecule has 0 atom stereocenters. The van der Waals surface area contributed by atoms with Crippen LogP contribution in [0.15, 0.2) is 24.3 Å². The van der Waals surface area contributed by atoms with Gasteiger partial charge in [-0.25, -0.2) is 4.98 Å². The molecule has 1 aromatic carbocycles. The zero-order valence-corrected chi connectivity index (χ0v) is 15.7. The van der Waals surface area contributed by atoms with Crippen LogP contribution in [-0.2, 0) is 9.53 Å². The minimum absolute atomic E-state index is 0.163. The number of nitrogens with zero attached hydrogens (tertiary/aromatic N) is 2. The zero-order chi connectivity index (χ0) is 17.6. The molecule has 0 amide bonds. The molecule has 2 rings (SSSR count). The maximum Gasteiger partial charge on any atom is 0.311 e. The largest absolute Gasteiger partial charge is 0.469 e. The van der Waals surface area contributed by atoms with Gasteiger partial charge in [0.1, 0.15) is 13.2 Å². The Hall–Kier alpha value is -1.66. The highest BCUT2D eigenvalue weighted by atomic mass is 32.1. The van der Waals surface area contributed by atoms with E-state index in [4.69, 9.17) is 9.47 Å². The quantitative estimate of drug-likeness (QED) is 0.681. The Morgan fingerprint density at radius 1 is 1.21 bits per heavy atom. The molecule has 0 saturated carbocycles. The summed E-state index contributed by atoms with van der Waals surface area (Å²) in [5.74, 6) is -0.163. The molecule has 0 fully saturated rings. The van der Waals surface area contributed by atoms with Gasteiger partial charge in [0.25, 0.3) is 5.19 Å². The lowest BCUT2D eigenvalue weighted by atomic mass is 9.97. The highest BCUT2D eigenvalue weighted by molar-refractivity contribution is 7.20. The number of esters is 1. The number of likely N-dealkylation sites (N-methyl/N-ethyl adjacent to an activating group) is 1. The molecule has 5 nitrogen and oxygen atoms in total. The van der Waals surface area contributed by atoms with Gasteiger partial charge in [-0.3, -0.25) is 9.69 Å². The Balaban J connectivity index is 1.72. The molecule has 0 saturated heterocycles. The van der Waals surface area contributed by atoms with Crippen LogP contribution in [0, 0.1) is 5.41 Å². The fourth-order valence-corrected chi connectivity index (χ4v) is 2.93. The maximum absolute atomic E-state index is 11.7. The van der Waals surface area contributed by atoms with E-state index in [1.165, 1.54) is 0 Å². The lowest BCUT2D eigenvalue weighted by Gasteiger charge is -2.22. The van der Waals surface area contributed by atoms with Gasteiger partial charge in [0, 0.05) is 13.1 Å². The zero-order valence-electron chi connectivity index (χ0n) is 14.9. The molecule has 1 aromatic heterocycles. The van der Waals surface area contributed by atoms with E-state index in [1.807, 2.05) is 45.0 Å². The molecule has 0 aliphatic carbocycles. The predicted octanol–water partition coefficient (Wildman–Crippen LogP) is 3.59. The predicted molar refractivity (Wildman–Crippen MR) is 97.6 cm³/mol. The number of aromatic nitrogens is 1. The maximum atomic E-state index is 11.7. The summed E-state index contributed by atoms with van der Waals surface area (Å²) in [5.41, 5.74) is 0.520. The minimum atomic E-state index is -0.451. The summed E-state index contributed by atoms with van der Waals surface area (Å²) in [7, 11) is 0. The van der Waals surface area contributed by atoms with Crippen LogP contribution in [0.4, 0.5) is 0 Å². The molecule has 0 spiro atoms. The Morgan fingerprint density at radius 3 is 2.58 bits per heavy atom. The van der Waals surface area contributed by atoms with Crippen molar-refractivity contribution < 1.29 is 14.3 Å². The Labute approximate surface area is 147 Å². The Kier molecular flexibility index (Phi) is 6.57. The van der Waals surface area contributed by atoms with Gasteiger partial charge in [0.2, 0.25) is 0 Å². The van der Waals surface area contributed by atoms with Gasteiger partial charge in [0.15, 0.2) is 0 Å². The molecule has 0 aliphatic heterocycles. The van der Waals surface area contributed by atoms with Gasteiger partial charge in [0.05, 0.1) is 15.6 Å². The van der Waals surface area contributed by atoms with E-state index in [0.717, 1.165) is 23.3 Å². The molecule has 2 aromatic rings. The average Bonchev–Trinajstić information content (AvgIpc) is 2.95. The molecule has 0 radical (unpaired) electrons. The molecule has 1 heterocycles. The number of fused-ring (bicyclic) bond motifs is 1. The van der Waals surface area contributed by atoms with Crippen molar-refractivity contribution in [2.24, 2.45) is 5.41 Å². The molecule has 24 heavy (non-hydrogen) atoms. The Bertz CT molecular complexity index is 631. The highest BCUT2D eigenvalue weighted by Gasteiger charge is 2.22. The molecular formula is C18H26N2O3S. The molecule has 0 aliphatic rings. The normalized spacial score (nSPS) is 11.9. The fourth-order valence-electron chi connectivity index (χ4n) is 2.09. The van der Waals surface area contributed by atoms with Crippen LogP contribution in [-0.4, -0.2) is 48.7 Å². The second-order valence-corrected chi connectivity index (χ2v) is 7.61. The third kappa shape index (κ3) is 5.46. The van der Waals surface area contributed by atoms with Crippen molar-refractivity contribution >= 4 is 27.5 Å². The van der Waals surface area contributed by atoms with Crippen LogP contribution in [0.2, 0.25) is 0 Å². The van der Waals surface area contributed by atoms with Crippen LogP contribution in [0.25, 0.3) is 10.2 Å². The standard InChI is InChI=1S/C18H26N2O3S/c1-5-20(10-12-22-16(21)18(2,3)4)11-13-23-17-19-14-8-6-7-9-15(14)24-17/h6-9H,5,10-13H2,1-4H3. The van der Waals surface area contributed by atoms with Crippen LogP contribution < -0.4 is 4.74 Å². The van der Waals surface area contributed by atoms with Crippen molar-refractivity contribution in [1.82, 2.24) is 9.88 Å². The number of benzene rings is 1. The van der Waals surface area contributed by atoms with Gasteiger partial charge in [-0.05, 0) is 39.4 Å². The van der Waals surface area contributed by atoms with Crippen molar-refractivity contribution in [2.45, 2.75) is 27.7 Å². The number of hydrogen-bond donors (Lipinski definition) is 0. The van der Waals surface area contributed by atoms with Crippen LogP contribution in [0.3, 0.4) is 0 Å². The van der Waals surface area contributed by atoms with E-state index >= 15 is 0 Å². The number of carbonyl (C=O) groups is 1. The third-order valence-corrected chi connectivity index (χ3v) is 4.56. The summed E-state index contributed by atoms with van der Waals surface area (Å²) >= 11 is 1.56. The summed E-state index contributed by atoms with van der Waals surface area (Å²) in [5, 5.41) is 0.700. The van der Waals surface area contributed by atoms with Crippen molar-refractivity contribution in [2.75, 3.05) is 32.8 Å². The van der Waals surface area contributed by atoms with Gasteiger partial charge in [-0.2, -0.15) is 0 Å². The van der Waals surface area contributed by atoms with E-state index in [-0.39, 0.29) is 5.97 Å². The van der Waals surface area contributed by atoms with Gasteiger partial charge in [-0.1, -0.05) is 30.4 Å². The van der Waals surface area contributed by atoms with E-state index < -0.39 is 5.41 Å². The van der Waals surface area contributed by atoms with Crippen molar-refractivity contribution in [3.8, 4) is 5.19 Å². The van der Waals surface area contributed by atoms with E-state index in [2.05, 4.69) is 16.8 Å². The molecule has 0 N–H and O–H groups in total. The average molecular weight is 350 g/mol. The first-order valence-corrected chi connectivity index (χ1v) is 9.09. The number of rotatable bonds is 8. The van der Waals surface area contributed by atoms with Crippen molar-refractivity contribution in [3.63, 3.8) is 0 Å². The van der Waals surface area contributed by atoms with Gasteiger partial charge in [-0.15, -0.1) is 0 Å². The number of thiazole rings is 1. The van der Waals surface area contributed by atoms with Crippen molar-refractivity contribution in [1.29, 1.82) is 0 Å². The smallest absolute Gasteiger partial charge is 0.311 e. The lowest BCUT2D eigenvalue weighted by Crippen LogP contribution is -2.33. The van der Waals surface area contributed by atoms with Crippen molar-refractivity contribution in [3.05, 3.63) is 24.3 Å². The fraction of sp³-hybridized carbons (Fsp3) is 0.556. The van der Waals surface area contributed by atoms with Crippen LogP contribution in [0.1, 0.15) is 27.7 Å².